The maximum absolute atomic E-state index is 10.9. The number of hydrogen-bond donors (Lipinski definition) is 1. The Morgan fingerprint density at radius 2 is 1.37 bits per heavy atom. The summed E-state index contributed by atoms with van der Waals surface area (Å²) in [4.78, 5) is 10.9. The van der Waals surface area contributed by atoms with Crippen LogP contribution >= 0.6 is 0 Å². The predicted molar refractivity (Wildman–Crippen MR) is 76.6 cm³/mol. The number of unbranched alkanes of at least 4 members (excludes halogenated alkanes) is 8. The van der Waals surface area contributed by atoms with Gasteiger partial charge in [-0.25, -0.2) is 0 Å². The second kappa shape index (κ2) is 13.4. The molecule has 0 saturated carbocycles. The molecule has 0 atom stereocenters. The summed E-state index contributed by atoms with van der Waals surface area (Å²) in [6.07, 6.45) is 10.0. The molecule has 0 saturated heterocycles. The van der Waals surface area contributed by atoms with Crippen LogP contribution in [-0.2, 0) is 19.4 Å². The molecule has 110 valence electrons. The second-order valence-electron chi connectivity index (χ2n) is 4.46. The second-order valence-corrected chi connectivity index (χ2v) is 5.48. The molecular formula is C12H25NaO5S. The first-order chi connectivity index (χ1) is 8.45. The van der Waals surface area contributed by atoms with Crippen molar-refractivity contribution in [2.24, 2.45) is 0 Å². The van der Waals surface area contributed by atoms with Crippen molar-refractivity contribution in [3.8, 4) is 0 Å². The van der Waals surface area contributed by atoms with Gasteiger partial charge in [-0.2, -0.15) is 8.42 Å². The zero-order chi connectivity index (χ0) is 13.9. The first-order valence-electron chi connectivity index (χ1n) is 6.65. The average molecular weight is 304 g/mol. The van der Waals surface area contributed by atoms with E-state index in [-0.39, 0.29) is 36.0 Å². The van der Waals surface area contributed by atoms with Crippen LogP contribution in [0.5, 0.6) is 0 Å². The van der Waals surface area contributed by atoms with Crippen LogP contribution < -0.4 is 0 Å². The van der Waals surface area contributed by atoms with Gasteiger partial charge in [-0.3, -0.25) is 9.35 Å². The number of hydrogen-bond acceptors (Lipinski definition) is 4. The van der Waals surface area contributed by atoms with Gasteiger partial charge in [0.25, 0.3) is 0 Å². The molecule has 0 heterocycles. The van der Waals surface area contributed by atoms with E-state index in [2.05, 4.69) is 11.1 Å². The van der Waals surface area contributed by atoms with Crippen LogP contribution in [0.4, 0.5) is 0 Å². The summed E-state index contributed by atoms with van der Waals surface area (Å²) in [5.74, 6) is -0.888. The molecule has 0 aliphatic carbocycles. The van der Waals surface area contributed by atoms with E-state index in [4.69, 9.17) is 4.55 Å². The first kappa shape index (κ1) is 21.7. The SMILES string of the molecule is CCCCCCCCCCCC(=O)OS(=O)(=O)O.[NaH]. The standard InChI is InChI=1S/C12H24O5S.Na.H/c1-2-3-4-5-6-7-8-9-10-11-12(13)17-18(14,15)16;;/h2-11H2,1H3,(H,14,15,16);;. The van der Waals surface area contributed by atoms with Gasteiger partial charge in [-0.1, -0.05) is 58.3 Å². The van der Waals surface area contributed by atoms with Gasteiger partial charge in [0, 0.05) is 6.42 Å². The molecule has 5 nitrogen and oxygen atoms in total. The molecule has 0 fully saturated rings. The van der Waals surface area contributed by atoms with Crippen molar-refractivity contribution >= 4 is 45.9 Å². The molecule has 0 aromatic rings. The van der Waals surface area contributed by atoms with Gasteiger partial charge in [-0.05, 0) is 6.42 Å². The fourth-order valence-electron chi connectivity index (χ4n) is 1.74. The van der Waals surface area contributed by atoms with Crippen molar-refractivity contribution in [2.45, 2.75) is 71.1 Å². The molecule has 1 N–H and O–H groups in total. The van der Waals surface area contributed by atoms with E-state index in [9.17, 15) is 13.2 Å². The van der Waals surface area contributed by atoms with Gasteiger partial charge in [0.15, 0.2) is 0 Å². The zero-order valence-electron chi connectivity index (χ0n) is 11.1. The zero-order valence-corrected chi connectivity index (χ0v) is 11.9. The normalized spacial score (nSPS) is 10.8. The van der Waals surface area contributed by atoms with E-state index >= 15 is 0 Å². The molecule has 0 aromatic carbocycles. The van der Waals surface area contributed by atoms with Crippen LogP contribution in [-0.4, -0.2) is 48.5 Å². The van der Waals surface area contributed by atoms with E-state index in [1.54, 1.807) is 0 Å². The summed E-state index contributed by atoms with van der Waals surface area (Å²) in [7, 11) is -4.63. The third-order valence-electron chi connectivity index (χ3n) is 2.68. The summed E-state index contributed by atoms with van der Waals surface area (Å²) < 4.78 is 32.5. The minimum absolute atomic E-state index is 0. The Balaban J connectivity index is 0. The van der Waals surface area contributed by atoms with Crippen molar-refractivity contribution < 1.29 is 21.9 Å². The topological polar surface area (TPSA) is 80.7 Å². The van der Waals surface area contributed by atoms with Crippen LogP contribution in [0.3, 0.4) is 0 Å². The summed E-state index contributed by atoms with van der Waals surface area (Å²) in [5, 5.41) is 0. The van der Waals surface area contributed by atoms with Crippen molar-refractivity contribution in [1.82, 2.24) is 0 Å². The van der Waals surface area contributed by atoms with Crippen LogP contribution in [0.2, 0.25) is 0 Å². The van der Waals surface area contributed by atoms with Gasteiger partial charge < -0.3 is 4.18 Å². The Bertz CT molecular complexity index is 316. The van der Waals surface area contributed by atoms with Crippen LogP contribution in [0, 0.1) is 0 Å². The van der Waals surface area contributed by atoms with Crippen LogP contribution in [0.25, 0.3) is 0 Å². The van der Waals surface area contributed by atoms with Crippen molar-refractivity contribution in [1.29, 1.82) is 0 Å². The Morgan fingerprint density at radius 3 is 1.79 bits per heavy atom. The number of carbonyl (C=O) groups excluding carboxylic acids is 1. The third-order valence-corrected chi connectivity index (χ3v) is 3.08. The van der Waals surface area contributed by atoms with Gasteiger partial charge in [0.2, 0.25) is 0 Å². The quantitative estimate of drug-likeness (QED) is 0.360. The Hall–Kier alpha value is 0.380. The molecule has 0 aliphatic heterocycles. The maximum atomic E-state index is 10.9. The molecule has 0 spiro atoms. The van der Waals surface area contributed by atoms with E-state index in [1.165, 1.54) is 32.1 Å². The average Bonchev–Trinajstić information content (AvgIpc) is 2.24. The fourth-order valence-corrected chi connectivity index (χ4v) is 2.06. The molecule has 0 aromatic heterocycles. The molecule has 0 radical (unpaired) electrons. The van der Waals surface area contributed by atoms with Crippen molar-refractivity contribution in [3.05, 3.63) is 0 Å². The van der Waals surface area contributed by atoms with Gasteiger partial charge >= 0.3 is 45.9 Å². The molecular weight excluding hydrogens is 279 g/mol. The van der Waals surface area contributed by atoms with E-state index < -0.39 is 16.4 Å². The summed E-state index contributed by atoms with van der Waals surface area (Å²) in [5.41, 5.74) is 0. The predicted octanol–water partition coefficient (Wildman–Crippen LogP) is 2.60. The summed E-state index contributed by atoms with van der Waals surface area (Å²) in [6, 6.07) is 0. The monoisotopic (exact) mass is 304 g/mol. The summed E-state index contributed by atoms with van der Waals surface area (Å²) >= 11 is 0. The molecule has 0 aliphatic rings. The molecule has 0 bridgehead atoms. The minimum atomic E-state index is -4.63. The summed E-state index contributed by atoms with van der Waals surface area (Å²) in [6.45, 7) is 2.19. The molecule has 19 heavy (non-hydrogen) atoms. The molecule has 0 unspecified atom stereocenters. The third kappa shape index (κ3) is 18.4. The van der Waals surface area contributed by atoms with Crippen molar-refractivity contribution in [3.63, 3.8) is 0 Å². The molecule has 7 heteroatoms. The Morgan fingerprint density at radius 1 is 0.947 bits per heavy atom. The van der Waals surface area contributed by atoms with E-state index in [0.717, 1.165) is 19.3 Å². The number of carbonyl (C=O) groups is 1. The fraction of sp³-hybridized carbons (Fsp3) is 0.917. The van der Waals surface area contributed by atoms with Crippen LogP contribution in [0.15, 0.2) is 0 Å². The van der Waals surface area contributed by atoms with Gasteiger partial charge in [0.05, 0.1) is 0 Å². The molecule has 0 rings (SSSR count). The molecule has 0 amide bonds. The Kier molecular flexibility index (Phi) is 15.2. The number of rotatable bonds is 11. The van der Waals surface area contributed by atoms with Gasteiger partial charge in [0.1, 0.15) is 0 Å². The van der Waals surface area contributed by atoms with Crippen LogP contribution in [0.1, 0.15) is 71.1 Å². The van der Waals surface area contributed by atoms with E-state index in [0.29, 0.717) is 6.42 Å². The van der Waals surface area contributed by atoms with Crippen molar-refractivity contribution in [2.75, 3.05) is 0 Å². The Labute approximate surface area is 138 Å². The first-order valence-corrected chi connectivity index (χ1v) is 8.02. The van der Waals surface area contributed by atoms with E-state index in [1.807, 2.05) is 0 Å². The van der Waals surface area contributed by atoms with Gasteiger partial charge in [-0.15, -0.1) is 0 Å².